The van der Waals surface area contributed by atoms with Crippen molar-refractivity contribution in [2.75, 3.05) is 18.3 Å². The molecule has 186 valence electrons. The fraction of sp³-hybridized carbons (Fsp3) is 0.296. The molecule has 2 heterocycles. The lowest BCUT2D eigenvalue weighted by Gasteiger charge is -2.37. The molecule has 4 nitrogen and oxygen atoms in total. The van der Waals surface area contributed by atoms with Gasteiger partial charge < -0.3 is 9.64 Å². The number of rotatable bonds is 2. The third-order valence-corrected chi connectivity index (χ3v) is 7.26. The van der Waals surface area contributed by atoms with Gasteiger partial charge in [0, 0.05) is 6.42 Å². The average Bonchev–Trinajstić information content (AvgIpc) is 3.41. The van der Waals surface area contributed by atoms with Crippen LogP contribution in [0.2, 0.25) is 0 Å². The predicted molar refractivity (Wildman–Crippen MR) is 125 cm³/mol. The Morgan fingerprint density at radius 1 is 0.861 bits per heavy atom. The van der Waals surface area contributed by atoms with E-state index in [1.807, 2.05) is 4.90 Å². The normalized spacial score (nSPS) is 20.4. The molecule has 0 amide bonds. The number of hydrazone groups is 1. The van der Waals surface area contributed by atoms with E-state index in [2.05, 4.69) is 56.2 Å². The topological polar surface area (TPSA) is 28.1 Å². The van der Waals surface area contributed by atoms with Gasteiger partial charge in [0.2, 0.25) is 5.82 Å². The van der Waals surface area contributed by atoms with Gasteiger partial charge in [-0.3, -0.25) is 0 Å². The molecule has 0 unspecified atom stereocenters. The lowest BCUT2D eigenvalue weighted by atomic mass is 9.91. The summed E-state index contributed by atoms with van der Waals surface area (Å²) in [7, 11) is 0. The fourth-order valence-corrected chi connectivity index (χ4v) is 5.83. The molecule has 0 N–H and O–H groups in total. The molecule has 9 heteroatoms. The van der Waals surface area contributed by atoms with E-state index >= 15 is 0 Å². The summed E-state index contributed by atoms with van der Waals surface area (Å²) in [5, 5.41) is 5.01. The highest BCUT2D eigenvalue weighted by atomic mass is 19.2. The van der Waals surface area contributed by atoms with Crippen molar-refractivity contribution in [2.24, 2.45) is 5.10 Å². The monoisotopic (exact) mass is 499 g/mol. The van der Waals surface area contributed by atoms with E-state index in [1.54, 1.807) is 0 Å². The number of fused-ring (bicyclic) bond motifs is 5. The van der Waals surface area contributed by atoms with Crippen molar-refractivity contribution in [1.29, 1.82) is 0 Å². The lowest BCUT2D eigenvalue weighted by Crippen LogP contribution is -2.46. The minimum atomic E-state index is -2.19. The number of amidine groups is 1. The van der Waals surface area contributed by atoms with Gasteiger partial charge in [-0.25, -0.2) is 27.0 Å². The SMILES string of the molecule is Cc1cc(C)c(-c2ccc3c(c2)[C@@H]2[C@H](C3)OCC3=NN(c4c(F)c(F)c(F)c(F)c4F)CN32)c(C)c1. The van der Waals surface area contributed by atoms with Gasteiger partial charge in [0.15, 0.2) is 29.1 Å². The van der Waals surface area contributed by atoms with Gasteiger partial charge >= 0.3 is 0 Å². The molecule has 36 heavy (non-hydrogen) atoms. The summed E-state index contributed by atoms with van der Waals surface area (Å²) in [6.45, 7) is 6.11. The van der Waals surface area contributed by atoms with Gasteiger partial charge in [-0.1, -0.05) is 29.8 Å². The molecule has 3 aromatic rings. The van der Waals surface area contributed by atoms with Gasteiger partial charge in [0.1, 0.15) is 19.0 Å². The third kappa shape index (κ3) is 3.25. The maximum Gasteiger partial charge on any atom is 0.200 e. The van der Waals surface area contributed by atoms with Crippen LogP contribution in [-0.2, 0) is 11.2 Å². The molecular formula is C27H22F5N3O. The van der Waals surface area contributed by atoms with Gasteiger partial charge in [-0.2, -0.15) is 5.10 Å². The number of ether oxygens (including phenoxy) is 1. The second-order valence-corrected chi connectivity index (χ2v) is 9.63. The number of anilines is 1. The Kier molecular flexibility index (Phi) is 5.12. The summed E-state index contributed by atoms with van der Waals surface area (Å²) in [4.78, 5) is 1.83. The number of nitrogens with zero attached hydrogens (tertiary/aromatic N) is 3. The van der Waals surface area contributed by atoms with Crippen molar-refractivity contribution in [2.45, 2.75) is 39.3 Å². The summed E-state index contributed by atoms with van der Waals surface area (Å²) in [6.07, 6.45) is 0.434. The van der Waals surface area contributed by atoms with Crippen LogP contribution in [0.4, 0.5) is 27.6 Å². The maximum absolute atomic E-state index is 14.5. The quantitative estimate of drug-likeness (QED) is 0.244. The Morgan fingerprint density at radius 2 is 1.50 bits per heavy atom. The van der Waals surface area contributed by atoms with E-state index < -0.39 is 34.8 Å². The number of hydrogen-bond acceptors (Lipinski definition) is 4. The second-order valence-electron chi connectivity index (χ2n) is 9.63. The molecule has 0 aromatic heterocycles. The van der Waals surface area contributed by atoms with Gasteiger partial charge in [0.25, 0.3) is 0 Å². The van der Waals surface area contributed by atoms with Crippen LogP contribution in [0.25, 0.3) is 11.1 Å². The van der Waals surface area contributed by atoms with Crippen molar-refractivity contribution < 1.29 is 26.7 Å². The summed E-state index contributed by atoms with van der Waals surface area (Å²) in [6, 6.07) is 10.2. The Labute approximate surface area is 204 Å². The van der Waals surface area contributed by atoms with Crippen LogP contribution < -0.4 is 5.01 Å². The van der Waals surface area contributed by atoms with Crippen LogP contribution >= 0.6 is 0 Å². The first-order valence-corrected chi connectivity index (χ1v) is 11.6. The number of benzene rings is 3. The maximum atomic E-state index is 14.5. The zero-order chi connectivity index (χ0) is 25.5. The molecule has 6 rings (SSSR count). The van der Waals surface area contributed by atoms with Crippen LogP contribution in [0.3, 0.4) is 0 Å². The highest BCUT2D eigenvalue weighted by Crippen LogP contribution is 2.45. The van der Waals surface area contributed by atoms with E-state index in [0.29, 0.717) is 12.3 Å². The molecule has 2 aliphatic heterocycles. The Bertz CT molecular complexity index is 1420. The summed E-state index contributed by atoms with van der Waals surface area (Å²) < 4.78 is 76.3. The third-order valence-electron chi connectivity index (χ3n) is 7.26. The zero-order valence-corrected chi connectivity index (χ0v) is 19.8. The van der Waals surface area contributed by atoms with Crippen molar-refractivity contribution >= 4 is 11.5 Å². The average molecular weight is 499 g/mol. The van der Waals surface area contributed by atoms with Crippen LogP contribution in [0, 0.1) is 49.9 Å². The molecule has 3 aromatic carbocycles. The van der Waals surface area contributed by atoms with E-state index in [4.69, 9.17) is 4.74 Å². The standard InChI is InChI=1S/C27H22F5N3O/c1-12-6-13(2)20(14(3)7-12)16-5-4-15-9-18-26(17(15)8-16)34-11-35(33-19(34)10-36-18)27-24(31)22(29)21(28)23(30)25(27)32/h4-8,18,26H,9-11H2,1-3H3/t18-,26+/m0/s1. The molecule has 0 spiro atoms. The molecule has 0 bridgehead atoms. The van der Waals surface area contributed by atoms with E-state index in [9.17, 15) is 22.0 Å². The Balaban J connectivity index is 1.39. The van der Waals surface area contributed by atoms with Crippen molar-refractivity contribution in [3.8, 4) is 11.1 Å². The minimum absolute atomic E-state index is 0.0735. The van der Waals surface area contributed by atoms with Crippen molar-refractivity contribution in [1.82, 2.24) is 4.90 Å². The zero-order valence-electron chi connectivity index (χ0n) is 19.8. The largest absolute Gasteiger partial charge is 0.367 e. The summed E-state index contributed by atoms with van der Waals surface area (Å²) in [5.41, 5.74) is 6.71. The predicted octanol–water partition coefficient (Wildman–Crippen LogP) is 6.06. The molecule has 1 aliphatic carbocycles. The second kappa shape index (κ2) is 8.03. The first-order valence-electron chi connectivity index (χ1n) is 11.6. The van der Waals surface area contributed by atoms with E-state index in [-0.39, 0.29) is 25.4 Å². The van der Waals surface area contributed by atoms with Crippen LogP contribution in [-0.4, -0.2) is 30.1 Å². The molecule has 3 aliphatic rings. The van der Waals surface area contributed by atoms with Gasteiger partial charge in [-0.05, 0) is 60.2 Å². The molecule has 2 atom stereocenters. The summed E-state index contributed by atoms with van der Waals surface area (Å²) in [5.74, 6) is -9.63. The van der Waals surface area contributed by atoms with Crippen LogP contribution in [0.5, 0.6) is 0 Å². The molecule has 1 fully saturated rings. The number of morpholine rings is 1. The highest BCUT2D eigenvalue weighted by Gasteiger charge is 2.46. The van der Waals surface area contributed by atoms with Gasteiger partial charge in [0.05, 0.1) is 12.1 Å². The first kappa shape index (κ1) is 23.0. The van der Waals surface area contributed by atoms with E-state index in [1.165, 1.54) is 5.56 Å². The minimum Gasteiger partial charge on any atom is -0.367 e. The molecule has 0 radical (unpaired) electrons. The Morgan fingerprint density at radius 3 is 2.17 bits per heavy atom. The van der Waals surface area contributed by atoms with Crippen LogP contribution in [0.1, 0.15) is 33.9 Å². The number of aryl methyl sites for hydroxylation is 3. The van der Waals surface area contributed by atoms with Crippen molar-refractivity contribution in [3.63, 3.8) is 0 Å². The first-order chi connectivity index (χ1) is 17.2. The highest BCUT2D eigenvalue weighted by molar-refractivity contribution is 5.88. The Hall–Kier alpha value is -3.46. The molecule has 0 saturated carbocycles. The van der Waals surface area contributed by atoms with Crippen molar-refractivity contribution in [3.05, 3.63) is 87.2 Å². The number of hydrogen-bond donors (Lipinski definition) is 0. The number of halogens is 5. The summed E-state index contributed by atoms with van der Waals surface area (Å²) >= 11 is 0. The molecule has 1 saturated heterocycles. The van der Waals surface area contributed by atoms with Gasteiger partial charge in [-0.15, -0.1) is 0 Å². The fourth-order valence-electron chi connectivity index (χ4n) is 5.83. The lowest BCUT2D eigenvalue weighted by molar-refractivity contribution is 0.00536. The van der Waals surface area contributed by atoms with E-state index in [0.717, 1.165) is 38.4 Å². The van der Waals surface area contributed by atoms with Crippen LogP contribution in [0.15, 0.2) is 35.4 Å². The molecular weight excluding hydrogens is 477 g/mol. The smallest absolute Gasteiger partial charge is 0.200 e.